The lowest BCUT2D eigenvalue weighted by Gasteiger charge is -2.36. The number of piperidine rings is 1. The standard InChI is InChI=1S/C37H47N7O5/c1-36(2,3)48-34(46)42-17-16-27(30(45)23-42)20-39-31-18-32(44-33(41-31)29(21-40-44)25-12-13-25)43(35(47)49-37(4,5)6)22-28-15-14-26(19-38-28)24-10-8-7-9-11-24/h7-11,14-15,18-19,21,25,27,30,45H,12-13,16-17,20,22-23H2,1-6H3,(H,39,41)/t27-,30+/m1/s1. The summed E-state index contributed by atoms with van der Waals surface area (Å²) in [5.41, 5.74) is 3.08. The quantitative estimate of drug-likeness (QED) is 0.212. The number of aliphatic hydroxyl groups is 1. The van der Waals surface area contributed by atoms with Crippen molar-refractivity contribution in [1.29, 1.82) is 0 Å². The van der Waals surface area contributed by atoms with E-state index in [1.165, 1.54) is 0 Å². The molecule has 12 nitrogen and oxygen atoms in total. The van der Waals surface area contributed by atoms with Crippen molar-refractivity contribution in [3.8, 4) is 11.1 Å². The van der Waals surface area contributed by atoms with Crippen molar-refractivity contribution >= 4 is 29.5 Å². The van der Waals surface area contributed by atoms with E-state index in [4.69, 9.17) is 24.5 Å². The number of anilines is 2. The average Bonchev–Trinajstić information content (AvgIpc) is 3.80. The molecule has 3 aromatic heterocycles. The van der Waals surface area contributed by atoms with Crippen molar-refractivity contribution in [3.63, 3.8) is 0 Å². The third kappa shape index (κ3) is 8.48. The molecule has 2 aliphatic rings. The third-order valence-corrected chi connectivity index (χ3v) is 8.56. The van der Waals surface area contributed by atoms with Gasteiger partial charge < -0.3 is 24.8 Å². The Morgan fingerprint density at radius 2 is 1.69 bits per heavy atom. The Hall–Kier alpha value is -4.71. The molecule has 4 heterocycles. The van der Waals surface area contributed by atoms with Gasteiger partial charge in [0.15, 0.2) is 5.65 Å². The molecule has 1 saturated heterocycles. The van der Waals surface area contributed by atoms with Crippen LogP contribution in [0.4, 0.5) is 21.2 Å². The number of hydrogen-bond acceptors (Lipinski definition) is 9. The van der Waals surface area contributed by atoms with E-state index in [2.05, 4.69) is 5.32 Å². The van der Waals surface area contributed by atoms with Crippen molar-refractivity contribution in [2.45, 2.75) is 90.6 Å². The number of hydrogen-bond donors (Lipinski definition) is 2. The van der Waals surface area contributed by atoms with Crippen LogP contribution >= 0.6 is 0 Å². The third-order valence-electron chi connectivity index (χ3n) is 8.56. The van der Waals surface area contributed by atoms with Crippen LogP contribution in [0.1, 0.15) is 78.0 Å². The molecule has 0 spiro atoms. The molecule has 0 unspecified atom stereocenters. The van der Waals surface area contributed by atoms with Gasteiger partial charge in [-0.2, -0.15) is 9.61 Å². The zero-order chi connectivity index (χ0) is 34.9. The van der Waals surface area contributed by atoms with Crippen molar-refractivity contribution in [1.82, 2.24) is 24.5 Å². The average molecular weight is 670 g/mol. The molecule has 6 rings (SSSR count). The zero-order valence-corrected chi connectivity index (χ0v) is 29.2. The van der Waals surface area contributed by atoms with Crippen molar-refractivity contribution in [2.24, 2.45) is 5.92 Å². The number of nitrogens with zero attached hydrogens (tertiary/aromatic N) is 6. The predicted molar refractivity (Wildman–Crippen MR) is 187 cm³/mol. The van der Waals surface area contributed by atoms with Crippen LogP contribution in [0.15, 0.2) is 60.9 Å². The lowest BCUT2D eigenvalue weighted by atomic mass is 9.94. The molecule has 1 aromatic carbocycles. The molecule has 0 radical (unpaired) electrons. The topological polar surface area (TPSA) is 134 Å². The number of benzene rings is 1. The number of amides is 2. The van der Waals surface area contributed by atoms with Crippen LogP contribution < -0.4 is 10.2 Å². The van der Waals surface area contributed by atoms with E-state index >= 15 is 0 Å². The van der Waals surface area contributed by atoms with Crippen molar-refractivity contribution in [3.05, 3.63) is 72.2 Å². The molecule has 2 atom stereocenters. The van der Waals surface area contributed by atoms with Gasteiger partial charge in [-0.25, -0.2) is 14.6 Å². The number of aliphatic hydroxyl groups excluding tert-OH is 1. The SMILES string of the molecule is CC(C)(C)OC(=O)N1CC[C@H](CNc2cc(N(Cc3ccc(-c4ccccc4)cn3)C(=O)OC(C)(C)C)n3ncc(C4CC4)c3n2)[C@@H](O)C1. The molecule has 1 aliphatic heterocycles. The summed E-state index contributed by atoms with van der Waals surface area (Å²) in [6, 6.07) is 15.7. The van der Waals surface area contributed by atoms with Crippen LogP contribution in [-0.2, 0) is 16.0 Å². The van der Waals surface area contributed by atoms with Crippen molar-refractivity contribution in [2.75, 3.05) is 29.9 Å². The lowest BCUT2D eigenvalue weighted by molar-refractivity contribution is -0.0104. The Morgan fingerprint density at radius 1 is 0.959 bits per heavy atom. The summed E-state index contributed by atoms with van der Waals surface area (Å²) in [7, 11) is 0. The highest BCUT2D eigenvalue weighted by Crippen LogP contribution is 2.42. The molecule has 12 heteroatoms. The highest BCUT2D eigenvalue weighted by molar-refractivity contribution is 5.88. The van der Waals surface area contributed by atoms with Crippen LogP contribution in [0.2, 0.25) is 0 Å². The van der Waals surface area contributed by atoms with Gasteiger partial charge >= 0.3 is 12.2 Å². The Morgan fingerprint density at radius 3 is 2.33 bits per heavy atom. The Labute approximate surface area is 287 Å². The second-order valence-electron chi connectivity index (χ2n) is 15.0. The van der Waals surface area contributed by atoms with Gasteiger partial charge in [0.2, 0.25) is 0 Å². The van der Waals surface area contributed by atoms with E-state index in [1.54, 1.807) is 20.4 Å². The molecule has 49 heavy (non-hydrogen) atoms. The fourth-order valence-corrected chi connectivity index (χ4v) is 5.91. The van der Waals surface area contributed by atoms with Crippen LogP contribution in [-0.4, -0.2) is 78.7 Å². The van der Waals surface area contributed by atoms with Crippen molar-refractivity contribution < 1.29 is 24.2 Å². The number of β-amino-alcohol motifs (C(OH)–C–C–N with tert-alkyl or cyclic N) is 1. The van der Waals surface area contributed by atoms with Gasteiger partial charge in [-0.05, 0) is 78.4 Å². The summed E-state index contributed by atoms with van der Waals surface area (Å²) in [6.07, 6.45) is 4.67. The lowest BCUT2D eigenvalue weighted by Crippen LogP contribution is -2.49. The number of pyridine rings is 1. The molecular formula is C37H47N7O5. The first-order valence-electron chi connectivity index (χ1n) is 17.0. The van der Waals surface area contributed by atoms with Gasteiger partial charge in [0.25, 0.3) is 0 Å². The van der Waals surface area contributed by atoms with E-state index in [9.17, 15) is 14.7 Å². The second kappa shape index (κ2) is 13.7. The van der Waals surface area contributed by atoms with Crippen LogP contribution in [0.3, 0.4) is 0 Å². The van der Waals surface area contributed by atoms with E-state index in [0.717, 1.165) is 29.5 Å². The first-order valence-corrected chi connectivity index (χ1v) is 17.0. The molecule has 1 saturated carbocycles. The minimum Gasteiger partial charge on any atom is -0.444 e. The number of aromatic nitrogens is 4. The van der Waals surface area contributed by atoms with Crippen LogP contribution in [0, 0.1) is 5.92 Å². The number of nitrogens with one attached hydrogen (secondary N) is 1. The monoisotopic (exact) mass is 669 g/mol. The van der Waals surface area contributed by atoms with E-state index in [1.807, 2.05) is 96.4 Å². The maximum Gasteiger partial charge on any atom is 0.416 e. The van der Waals surface area contributed by atoms with E-state index in [0.29, 0.717) is 48.4 Å². The summed E-state index contributed by atoms with van der Waals surface area (Å²) < 4.78 is 13.1. The maximum atomic E-state index is 13.9. The molecule has 260 valence electrons. The number of likely N-dealkylation sites (tertiary alicyclic amines) is 1. The Kier molecular flexibility index (Phi) is 9.52. The number of carbonyl (C=O) groups is 2. The van der Waals surface area contributed by atoms with Gasteiger partial charge in [0.1, 0.15) is 22.8 Å². The molecule has 2 amide bonds. The molecular weight excluding hydrogens is 622 g/mol. The predicted octanol–water partition coefficient (Wildman–Crippen LogP) is 6.64. The fraction of sp³-hybridized carbons (Fsp3) is 0.486. The molecule has 2 fully saturated rings. The molecule has 4 aromatic rings. The molecule has 2 N–H and O–H groups in total. The summed E-state index contributed by atoms with van der Waals surface area (Å²) in [5.74, 6) is 1.28. The summed E-state index contributed by atoms with van der Waals surface area (Å²) >= 11 is 0. The van der Waals surface area contributed by atoms with Gasteiger partial charge in [0, 0.05) is 42.4 Å². The maximum absolute atomic E-state index is 13.9. The minimum atomic E-state index is -0.739. The van der Waals surface area contributed by atoms with E-state index < -0.39 is 29.5 Å². The van der Waals surface area contributed by atoms with Crippen LogP contribution in [0.5, 0.6) is 0 Å². The minimum absolute atomic E-state index is 0.123. The van der Waals surface area contributed by atoms with Gasteiger partial charge in [0.05, 0.1) is 31.1 Å². The van der Waals surface area contributed by atoms with Gasteiger partial charge in [-0.1, -0.05) is 36.4 Å². The smallest absolute Gasteiger partial charge is 0.416 e. The number of carbonyl (C=O) groups excluding carboxylic acids is 2. The van der Waals surface area contributed by atoms with Gasteiger partial charge in [-0.3, -0.25) is 9.88 Å². The Bertz CT molecular complexity index is 1780. The first kappa shape index (κ1) is 34.2. The van der Waals surface area contributed by atoms with E-state index in [-0.39, 0.29) is 19.0 Å². The second-order valence-corrected chi connectivity index (χ2v) is 15.0. The number of rotatable bonds is 8. The summed E-state index contributed by atoms with van der Waals surface area (Å²) in [5, 5.41) is 19.1. The first-order chi connectivity index (χ1) is 23.2. The van der Waals surface area contributed by atoms with Crippen LogP contribution in [0.25, 0.3) is 16.8 Å². The van der Waals surface area contributed by atoms with Gasteiger partial charge in [-0.15, -0.1) is 0 Å². The largest absolute Gasteiger partial charge is 0.444 e. The zero-order valence-electron chi connectivity index (χ0n) is 29.2. The number of ether oxygens (including phenoxy) is 2. The Balaban J connectivity index is 1.27. The molecule has 0 bridgehead atoms. The number of fused-ring (bicyclic) bond motifs is 1. The fourth-order valence-electron chi connectivity index (χ4n) is 5.91. The summed E-state index contributed by atoms with van der Waals surface area (Å²) in [6.45, 7) is 12.2. The highest BCUT2D eigenvalue weighted by atomic mass is 16.6. The molecule has 1 aliphatic carbocycles. The normalized spacial score (nSPS) is 18.3. The summed E-state index contributed by atoms with van der Waals surface area (Å²) in [4.78, 5) is 39.3. The highest BCUT2D eigenvalue weighted by Gasteiger charge is 2.34.